The van der Waals surface area contributed by atoms with E-state index in [4.69, 9.17) is 4.74 Å². The van der Waals surface area contributed by atoms with Crippen LogP contribution in [0, 0.1) is 11.6 Å². The van der Waals surface area contributed by atoms with Crippen molar-refractivity contribution >= 4 is 17.0 Å². The average Bonchev–Trinajstić information content (AvgIpc) is 3.30. The van der Waals surface area contributed by atoms with Crippen LogP contribution in [0.1, 0.15) is 22.2 Å². The van der Waals surface area contributed by atoms with E-state index in [0.717, 1.165) is 0 Å². The van der Waals surface area contributed by atoms with Crippen LogP contribution in [-0.4, -0.2) is 48.3 Å². The van der Waals surface area contributed by atoms with E-state index in [1.54, 1.807) is 43.0 Å². The molecule has 3 aromatic rings. The van der Waals surface area contributed by atoms with Gasteiger partial charge in [-0.2, -0.15) is 0 Å². The zero-order valence-electron chi connectivity index (χ0n) is 16.6. The van der Waals surface area contributed by atoms with E-state index >= 15 is 0 Å². The number of ether oxygens (including phenoxy) is 1. The Morgan fingerprint density at radius 3 is 2.63 bits per heavy atom. The molecule has 2 aromatic carbocycles. The Morgan fingerprint density at radius 1 is 1.13 bits per heavy atom. The van der Waals surface area contributed by atoms with Crippen LogP contribution in [0.5, 0.6) is 5.75 Å². The first kappa shape index (κ1) is 20.7. The molecule has 1 N–H and O–H groups in total. The van der Waals surface area contributed by atoms with Crippen molar-refractivity contribution in [2.75, 3.05) is 38.2 Å². The molecule has 0 bridgehead atoms. The van der Waals surface area contributed by atoms with Crippen molar-refractivity contribution in [2.24, 2.45) is 0 Å². The third kappa shape index (κ3) is 4.30. The molecule has 1 fully saturated rings. The maximum absolute atomic E-state index is 14.8. The number of halogens is 2. The Kier molecular flexibility index (Phi) is 6.26. The number of methoxy groups -OCH3 is 1. The molecule has 0 spiro atoms. The summed E-state index contributed by atoms with van der Waals surface area (Å²) in [6, 6.07) is 9.47. The van der Waals surface area contributed by atoms with Gasteiger partial charge >= 0.3 is 0 Å². The van der Waals surface area contributed by atoms with E-state index in [1.165, 1.54) is 23.5 Å². The lowest BCUT2D eigenvalue weighted by molar-refractivity contribution is 0.217. The molecule has 8 heteroatoms. The number of rotatable bonds is 6. The van der Waals surface area contributed by atoms with Gasteiger partial charge in [0.05, 0.1) is 12.8 Å². The van der Waals surface area contributed by atoms with Crippen LogP contribution in [0.4, 0.5) is 14.5 Å². The lowest BCUT2D eigenvalue weighted by atomic mass is 10.0. The zero-order chi connectivity index (χ0) is 21.1. The van der Waals surface area contributed by atoms with Gasteiger partial charge in [-0.25, -0.2) is 13.8 Å². The normalized spacial score (nSPS) is 15.9. The van der Waals surface area contributed by atoms with Crippen LogP contribution in [0.2, 0.25) is 0 Å². The predicted octanol–water partition coefficient (Wildman–Crippen LogP) is 3.83. The van der Waals surface area contributed by atoms with Crippen LogP contribution < -0.4 is 9.64 Å². The Balaban J connectivity index is 1.48. The molecule has 30 heavy (non-hydrogen) atoms. The Bertz CT molecular complexity index is 992. The first-order valence-electron chi connectivity index (χ1n) is 9.72. The molecule has 1 aromatic heterocycles. The van der Waals surface area contributed by atoms with Gasteiger partial charge in [-0.15, -0.1) is 11.3 Å². The number of para-hydroxylation sites is 1. The van der Waals surface area contributed by atoms with E-state index in [1.807, 2.05) is 4.90 Å². The van der Waals surface area contributed by atoms with Gasteiger partial charge in [0.1, 0.15) is 28.5 Å². The summed E-state index contributed by atoms with van der Waals surface area (Å²) >= 11 is 1.34. The number of piperazine rings is 1. The monoisotopic (exact) mass is 431 g/mol. The molecule has 158 valence electrons. The highest BCUT2D eigenvalue weighted by molar-refractivity contribution is 7.09. The molecule has 1 saturated heterocycles. The molecule has 0 unspecified atom stereocenters. The van der Waals surface area contributed by atoms with Crippen LogP contribution in [0.3, 0.4) is 0 Å². The molecule has 0 radical (unpaired) electrons. The van der Waals surface area contributed by atoms with Crippen LogP contribution in [0.15, 0.2) is 48.0 Å². The second-order valence-electron chi connectivity index (χ2n) is 7.17. The number of nitrogens with zero attached hydrogens (tertiary/aromatic N) is 3. The molecule has 1 aliphatic heterocycles. The van der Waals surface area contributed by atoms with Crippen LogP contribution in [-0.2, 0) is 6.54 Å². The van der Waals surface area contributed by atoms with Gasteiger partial charge < -0.3 is 14.7 Å². The van der Waals surface area contributed by atoms with E-state index in [9.17, 15) is 13.9 Å². The summed E-state index contributed by atoms with van der Waals surface area (Å²) < 4.78 is 34.1. The summed E-state index contributed by atoms with van der Waals surface area (Å²) in [5.74, 6) is -0.00575. The number of aliphatic hydroxyl groups is 1. The number of anilines is 1. The average molecular weight is 432 g/mol. The topological polar surface area (TPSA) is 48.8 Å². The standard InChI is InChI=1S/C22H23F2N3O2S/c1-29-16-5-6-18(23)15(13-16)14-26-8-10-27(11-9-26)20-17(3-2-4-19(20)24)21(28)22-25-7-12-30-22/h2-7,12-13,21,28H,8-11,14H2,1H3/t21-/m0/s1. The Morgan fingerprint density at radius 2 is 1.93 bits per heavy atom. The van der Waals surface area contributed by atoms with Crippen molar-refractivity contribution in [3.8, 4) is 5.75 Å². The first-order valence-corrected chi connectivity index (χ1v) is 10.6. The number of aliphatic hydroxyl groups excluding tert-OH is 1. The molecule has 1 aliphatic rings. The summed E-state index contributed by atoms with van der Waals surface area (Å²) in [5, 5.41) is 13.1. The second-order valence-corrected chi connectivity index (χ2v) is 8.10. The van der Waals surface area contributed by atoms with Crippen molar-refractivity contribution in [2.45, 2.75) is 12.6 Å². The first-order chi connectivity index (χ1) is 14.6. The third-order valence-electron chi connectivity index (χ3n) is 5.33. The van der Waals surface area contributed by atoms with Gasteiger partial charge in [0.15, 0.2) is 0 Å². The minimum Gasteiger partial charge on any atom is -0.497 e. The molecule has 0 saturated carbocycles. The molecule has 0 aliphatic carbocycles. The Labute approximate surface area is 178 Å². The predicted molar refractivity (Wildman–Crippen MR) is 113 cm³/mol. The minimum absolute atomic E-state index is 0.263. The highest BCUT2D eigenvalue weighted by atomic mass is 32.1. The van der Waals surface area contributed by atoms with Gasteiger partial charge in [0.25, 0.3) is 0 Å². The van der Waals surface area contributed by atoms with E-state index < -0.39 is 6.10 Å². The van der Waals surface area contributed by atoms with E-state index in [-0.39, 0.29) is 11.6 Å². The number of hydrogen-bond acceptors (Lipinski definition) is 6. The lowest BCUT2D eigenvalue weighted by Gasteiger charge is -2.37. The quantitative estimate of drug-likeness (QED) is 0.643. The molecule has 4 rings (SSSR count). The highest BCUT2D eigenvalue weighted by Crippen LogP contribution is 2.34. The number of benzene rings is 2. The van der Waals surface area contributed by atoms with Gasteiger partial charge in [-0.1, -0.05) is 12.1 Å². The SMILES string of the molecule is COc1ccc(F)c(CN2CCN(c3c(F)cccc3[C@H](O)c3nccs3)CC2)c1. The van der Waals surface area contributed by atoms with Gasteiger partial charge in [-0.05, 0) is 24.3 Å². The highest BCUT2D eigenvalue weighted by Gasteiger charge is 2.26. The third-order valence-corrected chi connectivity index (χ3v) is 6.16. The van der Waals surface area contributed by atoms with Gasteiger partial charge in [0, 0.05) is 55.4 Å². The van der Waals surface area contributed by atoms with Gasteiger partial charge in [-0.3, -0.25) is 4.90 Å². The van der Waals surface area contributed by atoms with Gasteiger partial charge in [0.2, 0.25) is 0 Å². The number of hydrogen-bond donors (Lipinski definition) is 1. The lowest BCUT2D eigenvalue weighted by Crippen LogP contribution is -2.46. The molecular formula is C22H23F2N3O2S. The summed E-state index contributed by atoms with van der Waals surface area (Å²) in [4.78, 5) is 8.24. The fourth-order valence-electron chi connectivity index (χ4n) is 3.76. The van der Waals surface area contributed by atoms with Crippen LogP contribution in [0.25, 0.3) is 0 Å². The molecular weight excluding hydrogens is 408 g/mol. The van der Waals surface area contributed by atoms with Crippen molar-refractivity contribution in [3.63, 3.8) is 0 Å². The fraction of sp³-hybridized carbons (Fsp3) is 0.318. The maximum atomic E-state index is 14.8. The van der Waals surface area contributed by atoms with Crippen molar-refractivity contribution in [1.29, 1.82) is 0 Å². The van der Waals surface area contributed by atoms with Crippen molar-refractivity contribution in [1.82, 2.24) is 9.88 Å². The minimum atomic E-state index is -0.973. The number of thiazole rings is 1. The number of aromatic nitrogens is 1. The largest absolute Gasteiger partial charge is 0.497 e. The van der Waals surface area contributed by atoms with E-state index in [0.29, 0.717) is 60.3 Å². The molecule has 1 atom stereocenters. The van der Waals surface area contributed by atoms with Crippen LogP contribution >= 0.6 is 11.3 Å². The second kappa shape index (κ2) is 9.07. The summed E-state index contributed by atoms with van der Waals surface area (Å²) in [6.45, 7) is 2.91. The fourth-order valence-corrected chi connectivity index (χ4v) is 4.40. The summed E-state index contributed by atoms with van der Waals surface area (Å²) in [7, 11) is 1.56. The summed E-state index contributed by atoms with van der Waals surface area (Å²) in [5.41, 5.74) is 1.50. The Hall–Kier alpha value is -2.55. The molecule has 5 nitrogen and oxygen atoms in total. The molecule has 2 heterocycles. The van der Waals surface area contributed by atoms with E-state index in [2.05, 4.69) is 9.88 Å². The van der Waals surface area contributed by atoms with Crippen molar-refractivity contribution < 1.29 is 18.6 Å². The zero-order valence-corrected chi connectivity index (χ0v) is 17.4. The maximum Gasteiger partial charge on any atom is 0.146 e. The molecule has 0 amide bonds. The summed E-state index contributed by atoms with van der Waals surface area (Å²) in [6.07, 6.45) is 0.651. The van der Waals surface area contributed by atoms with Crippen molar-refractivity contribution in [3.05, 3.63) is 75.7 Å². The smallest absolute Gasteiger partial charge is 0.146 e.